The van der Waals surface area contributed by atoms with E-state index >= 15 is 0 Å². The zero-order valence-electron chi connectivity index (χ0n) is 9.51. The minimum Gasteiger partial charge on any atom is -0.476 e. The Labute approximate surface area is 98.2 Å². The van der Waals surface area contributed by atoms with Crippen molar-refractivity contribution in [3.8, 4) is 11.4 Å². The first kappa shape index (κ1) is 11.2. The van der Waals surface area contributed by atoms with Crippen LogP contribution in [0.2, 0.25) is 0 Å². The molecule has 2 rings (SSSR count). The molecule has 2 heterocycles. The van der Waals surface area contributed by atoms with Crippen molar-refractivity contribution in [1.29, 1.82) is 0 Å². The van der Waals surface area contributed by atoms with Gasteiger partial charge in [0.05, 0.1) is 5.56 Å². The molecule has 0 spiro atoms. The first-order valence-electron chi connectivity index (χ1n) is 5.08. The summed E-state index contributed by atoms with van der Waals surface area (Å²) in [4.78, 5) is 23.3. The average Bonchev–Trinajstić information content (AvgIpc) is 2.30. The molecule has 0 amide bonds. The summed E-state index contributed by atoms with van der Waals surface area (Å²) in [6.45, 7) is 3.61. The molecular formula is C12H11N3O2. The minimum absolute atomic E-state index is 0.0196. The van der Waals surface area contributed by atoms with Gasteiger partial charge in [-0.2, -0.15) is 0 Å². The van der Waals surface area contributed by atoms with E-state index in [1.165, 1.54) is 0 Å². The lowest BCUT2D eigenvalue weighted by atomic mass is 10.1. The van der Waals surface area contributed by atoms with Crippen LogP contribution in [0.1, 0.15) is 21.7 Å². The summed E-state index contributed by atoms with van der Waals surface area (Å²) in [6, 6.07) is 3.42. The van der Waals surface area contributed by atoms with Crippen LogP contribution in [0, 0.1) is 13.8 Å². The first-order valence-corrected chi connectivity index (χ1v) is 5.08. The van der Waals surface area contributed by atoms with Crippen molar-refractivity contribution in [1.82, 2.24) is 15.0 Å². The number of aryl methyl sites for hydroxylation is 2. The molecular weight excluding hydrogens is 218 g/mol. The molecule has 5 heteroatoms. The molecule has 2 aromatic heterocycles. The normalized spacial score (nSPS) is 10.2. The van der Waals surface area contributed by atoms with E-state index in [9.17, 15) is 4.79 Å². The topological polar surface area (TPSA) is 76.0 Å². The highest BCUT2D eigenvalue weighted by Gasteiger charge is 2.15. The van der Waals surface area contributed by atoms with Gasteiger partial charge in [0.2, 0.25) is 0 Å². The van der Waals surface area contributed by atoms with Gasteiger partial charge in [0.25, 0.3) is 0 Å². The van der Waals surface area contributed by atoms with Gasteiger partial charge in [-0.05, 0) is 31.5 Å². The molecule has 0 saturated carbocycles. The van der Waals surface area contributed by atoms with E-state index in [0.717, 1.165) is 5.56 Å². The fraction of sp³-hybridized carbons (Fsp3) is 0.167. The van der Waals surface area contributed by atoms with E-state index in [0.29, 0.717) is 17.1 Å². The number of carboxylic acids is 1. The summed E-state index contributed by atoms with van der Waals surface area (Å²) < 4.78 is 0. The lowest BCUT2D eigenvalue weighted by Crippen LogP contribution is -2.05. The van der Waals surface area contributed by atoms with Crippen LogP contribution < -0.4 is 0 Å². The molecule has 0 atom stereocenters. The highest BCUT2D eigenvalue weighted by molar-refractivity contribution is 5.92. The smallest absolute Gasteiger partial charge is 0.355 e. The summed E-state index contributed by atoms with van der Waals surface area (Å²) in [5, 5.41) is 9.09. The van der Waals surface area contributed by atoms with Crippen molar-refractivity contribution in [2.24, 2.45) is 0 Å². The number of pyridine rings is 1. The van der Waals surface area contributed by atoms with Gasteiger partial charge in [-0.15, -0.1) is 0 Å². The quantitative estimate of drug-likeness (QED) is 0.850. The van der Waals surface area contributed by atoms with Gasteiger partial charge in [-0.1, -0.05) is 0 Å². The summed E-state index contributed by atoms with van der Waals surface area (Å²) in [5.74, 6) is -0.701. The Kier molecular flexibility index (Phi) is 2.82. The monoisotopic (exact) mass is 229 g/mol. The van der Waals surface area contributed by atoms with E-state index < -0.39 is 5.97 Å². The van der Waals surface area contributed by atoms with E-state index in [4.69, 9.17) is 5.11 Å². The van der Waals surface area contributed by atoms with E-state index in [-0.39, 0.29) is 5.69 Å². The third kappa shape index (κ3) is 2.28. The molecule has 0 aromatic carbocycles. The summed E-state index contributed by atoms with van der Waals surface area (Å²) in [7, 11) is 0. The molecule has 0 bridgehead atoms. The number of carboxylic acid groups (broad SMARTS) is 1. The molecule has 1 N–H and O–H groups in total. The molecule has 5 nitrogen and oxygen atoms in total. The number of hydrogen-bond acceptors (Lipinski definition) is 4. The number of nitrogens with zero attached hydrogens (tertiary/aromatic N) is 3. The largest absolute Gasteiger partial charge is 0.476 e. The maximum atomic E-state index is 11.1. The molecule has 17 heavy (non-hydrogen) atoms. The average molecular weight is 229 g/mol. The third-order valence-corrected chi connectivity index (χ3v) is 2.26. The maximum Gasteiger partial charge on any atom is 0.355 e. The van der Waals surface area contributed by atoms with Gasteiger partial charge in [0.15, 0.2) is 11.5 Å². The molecule has 0 aliphatic rings. The highest BCUT2D eigenvalue weighted by Crippen LogP contribution is 2.18. The lowest BCUT2D eigenvalue weighted by Gasteiger charge is -2.04. The molecule has 86 valence electrons. The summed E-state index contributed by atoms with van der Waals surface area (Å²) in [6.07, 6.45) is 3.29. The molecule has 2 aromatic rings. The Bertz CT molecular complexity index is 564. The zero-order valence-corrected chi connectivity index (χ0v) is 9.51. The van der Waals surface area contributed by atoms with E-state index in [1.807, 2.05) is 6.92 Å². The number of hydrogen-bond donors (Lipinski definition) is 1. The van der Waals surface area contributed by atoms with Crippen LogP contribution in [0.5, 0.6) is 0 Å². The van der Waals surface area contributed by atoms with Crippen LogP contribution in [-0.4, -0.2) is 26.0 Å². The van der Waals surface area contributed by atoms with Crippen LogP contribution >= 0.6 is 0 Å². The molecule has 0 aliphatic heterocycles. The van der Waals surface area contributed by atoms with Crippen LogP contribution in [-0.2, 0) is 0 Å². The number of aromatic carboxylic acids is 1. The van der Waals surface area contributed by atoms with Crippen molar-refractivity contribution < 1.29 is 9.90 Å². The van der Waals surface area contributed by atoms with Crippen molar-refractivity contribution in [3.05, 3.63) is 41.5 Å². The molecule has 0 saturated heterocycles. The molecule has 0 unspecified atom stereocenters. The fourth-order valence-electron chi connectivity index (χ4n) is 1.43. The summed E-state index contributed by atoms with van der Waals surface area (Å²) in [5.41, 5.74) is 1.99. The Hall–Kier alpha value is -2.30. The summed E-state index contributed by atoms with van der Waals surface area (Å²) >= 11 is 0. The van der Waals surface area contributed by atoms with Crippen LogP contribution in [0.4, 0.5) is 0 Å². The Morgan fingerprint density at radius 1 is 1.18 bits per heavy atom. The molecule has 0 radical (unpaired) electrons. The molecule has 0 fully saturated rings. The Morgan fingerprint density at radius 3 is 2.41 bits per heavy atom. The van der Waals surface area contributed by atoms with Crippen molar-refractivity contribution in [3.63, 3.8) is 0 Å². The first-order chi connectivity index (χ1) is 8.08. The van der Waals surface area contributed by atoms with E-state index in [1.54, 1.807) is 31.5 Å². The van der Waals surface area contributed by atoms with Gasteiger partial charge < -0.3 is 5.11 Å². The second-order valence-electron chi connectivity index (χ2n) is 3.74. The number of aromatic nitrogens is 3. The van der Waals surface area contributed by atoms with Crippen molar-refractivity contribution >= 4 is 5.97 Å². The fourth-order valence-corrected chi connectivity index (χ4v) is 1.43. The van der Waals surface area contributed by atoms with Crippen molar-refractivity contribution in [2.45, 2.75) is 13.8 Å². The predicted molar refractivity (Wildman–Crippen MR) is 61.7 cm³/mol. The van der Waals surface area contributed by atoms with Gasteiger partial charge >= 0.3 is 5.97 Å². The second-order valence-corrected chi connectivity index (χ2v) is 3.74. The van der Waals surface area contributed by atoms with Crippen LogP contribution in [0.25, 0.3) is 11.4 Å². The predicted octanol–water partition coefficient (Wildman–Crippen LogP) is 1.85. The van der Waals surface area contributed by atoms with Crippen LogP contribution in [0.15, 0.2) is 24.5 Å². The minimum atomic E-state index is -1.08. The Balaban J connectivity index is 2.58. The Morgan fingerprint density at radius 2 is 1.82 bits per heavy atom. The van der Waals surface area contributed by atoms with E-state index in [2.05, 4.69) is 15.0 Å². The SMILES string of the molecule is Cc1cnc(-c2ccc(C)nc2C(=O)O)nc1. The van der Waals surface area contributed by atoms with Gasteiger partial charge in [0.1, 0.15) is 0 Å². The second kappa shape index (κ2) is 4.29. The lowest BCUT2D eigenvalue weighted by molar-refractivity contribution is 0.0691. The standard InChI is InChI=1S/C12H11N3O2/c1-7-5-13-11(14-6-7)9-4-3-8(2)15-10(9)12(16)17/h3-6H,1-2H3,(H,16,17). The molecule has 0 aliphatic carbocycles. The van der Waals surface area contributed by atoms with Crippen LogP contribution in [0.3, 0.4) is 0 Å². The number of carbonyl (C=O) groups is 1. The highest BCUT2D eigenvalue weighted by atomic mass is 16.4. The zero-order chi connectivity index (χ0) is 12.4. The van der Waals surface area contributed by atoms with Gasteiger partial charge in [0, 0.05) is 18.1 Å². The van der Waals surface area contributed by atoms with Gasteiger partial charge in [-0.25, -0.2) is 19.7 Å². The van der Waals surface area contributed by atoms with Gasteiger partial charge in [-0.3, -0.25) is 0 Å². The maximum absolute atomic E-state index is 11.1. The number of rotatable bonds is 2. The third-order valence-electron chi connectivity index (χ3n) is 2.26. The van der Waals surface area contributed by atoms with Crippen molar-refractivity contribution in [2.75, 3.05) is 0 Å².